The smallest absolute Gasteiger partial charge is 0.417 e. The molecule has 8 heteroatoms. The maximum Gasteiger partial charge on any atom is 0.417 e. The summed E-state index contributed by atoms with van der Waals surface area (Å²) in [4.78, 5) is 8.31. The van der Waals surface area contributed by atoms with Gasteiger partial charge in [-0.25, -0.2) is 4.98 Å². The lowest BCUT2D eigenvalue weighted by Gasteiger charge is -2.33. The molecule has 2 aliphatic heterocycles. The van der Waals surface area contributed by atoms with E-state index in [0.717, 1.165) is 43.9 Å². The Balaban J connectivity index is 1.25. The van der Waals surface area contributed by atoms with Gasteiger partial charge in [0.05, 0.1) is 17.2 Å². The van der Waals surface area contributed by atoms with E-state index < -0.39 is 11.7 Å². The minimum absolute atomic E-state index is 0.0409. The summed E-state index contributed by atoms with van der Waals surface area (Å²) >= 11 is 6.09. The highest BCUT2D eigenvalue weighted by atomic mass is 35.5. The highest BCUT2D eigenvalue weighted by molar-refractivity contribution is 6.33. The van der Waals surface area contributed by atoms with Gasteiger partial charge in [0.25, 0.3) is 0 Å². The molecule has 0 spiro atoms. The molecule has 0 radical (unpaired) electrons. The number of likely N-dealkylation sites (tertiary alicyclic amines) is 1. The Morgan fingerprint density at radius 1 is 1.03 bits per heavy atom. The number of aromatic nitrogens is 1. The lowest BCUT2D eigenvalue weighted by atomic mass is 9.90. The zero-order valence-corrected chi connectivity index (χ0v) is 19.0. The van der Waals surface area contributed by atoms with Gasteiger partial charge in [-0.2, -0.15) is 13.2 Å². The van der Waals surface area contributed by atoms with E-state index >= 15 is 0 Å². The van der Waals surface area contributed by atoms with Crippen LogP contribution >= 0.6 is 11.6 Å². The van der Waals surface area contributed by atoms with Gasteiger partial charge in [-0.3, -0.25) is 0 Å². The zero-order chi connectivity index (χ0) is 22.7. The highest BCUT2D eigenvalue weighted by Crippen LogP contribution is 2.35. The average molecular weight is 468 g/mol. The fourth-order valence-corrected chi connectivity index (χ4v) is 4.81. The predicted octanol–water partition coefficient (Wildman–Crippen LogP) is 5.86. The summed E-state index contributed by atoms with van der Waals surface area (Å²) in [6.45, 7) is 4.32. The third kappa shape index (κ3) is 5.67. The molecule has 0 unspecified atom stereocenters. The summed E-state index contributed by atoms with van der Waals surface area (Å²) < 4.78 is 44.5. The van der Waals surface area contributed by atoms with Crippen LogP contribution in [0.25, 0.3) is 0 Å². The van der Waals surface area contributed by atoms with Gasteiger partial charge in [0, 0.05) is 19.3 Å². The van der Waals surface area contributed by atoms with Crippen molar-refractivity contribution in [1.29, 1.82) is 0 Å². The van der Waals surface area contributed by atoms with Gasteiger partial charge in [-0.05, 0) is 81.4 Å². The summed E-state index contributed by atoms with van der Waals surface area (Å²) in [5, 5.41) is 0.0409. The molecule has 2 aliphatic rings. The van der Waals surface area contributed by atoms with Gasteiger partial charge in [0.1, 0.15) is 11.6 Å². The summed E-state index contributed by atoms with van der Waals surface area (Å²) in [5.41, 5.74) is 0.566. The topological polar surface area (TPSA) is 28.6 Å². The molecule has 2 fully saturated rings. The Kier molecular flexibility index (Phi) is 7.15. The lowest BCUT2D eigenvalue weighted by molar-refractivity contribution is -0.137. The van der Waals surface area contributed by atoms with Crippen LogP contribution in [0.15, 0.2) is 36.5 Å². The second kappa shape index (κ2) is 9.87. The Hall–Kier alpha value is -1.99. The first-order chi connectivity index (χ1) is 15.3. The first-order valence-electron chi connectivity index (χ1n) is 11.2. The minimum atomic E-state index is -4.44. The highest BCUT2D eigenvalue weighted by Gasteiger charge is 2.32. The van der Waals surface area contributed by atoms with Gasteiger partial charge in [-0.15, -0.1) is 0 Å². The van der Waals surface area contributed by atoms with E-state index in [0.29, 0.717) is 37.4 Å². The van der Waals surface area contributed by atoms with Gasteiger partial charge < -0.3 is 14.5 Å². The van der Waals surface area contributed by atoms with Crippen molar-refractivity contribution in [2.45, 2.75) is 37.8 Å². The summed E-state index contributed by atoms with van der Waals surface area (Å²) in [5.74, 6) is 2.34. The second-order valence-electron chi connectivity index (χ2n) is 8.92. The third-order valence-corrected chi connectivity index (χ3v) is 6.90. The fourth-order valence-electron chi connectivity index (χ4n) is 4.52. The van der Waals surface area contributed by atoms with Crippen LogP contribution in [0.2, 0.25) is 5.02 Å². The molecule has 0 saturated carbocycles. The van der Waals surface area contributed by atoms with Gasteiger partial charge >= 0.3 is 6.18 Å². The molecule has 0 bridgehead atoms. The van der Waals surface area contributed by atoms with Crippen LogP contribution in [-0.2, 0) is 6.18 Å². The molecule has 0 aliphatic carbocycles. The summed E-state index contributed by atoms with van der Waals surface area (Å²) in [6.07, 6.45) is 0.579. The number of anilines is 1. The number of nitrogens with zero attached hydrogens (tertiary/aromatic N) is 3. The molecule has 0 atom stereocenters. The first kappa shape index (κ1) is 23.2. The zero-order valence-electron chi connectivity index (χ0n) is 18.2. The molecule has 1 aromatic heterocycles. The molecule has 3 heterocycles. The summed E-state index contributed by atoms with van der Waals surface area (Å²) in [7, 11) is 2.17. The monoisotopic (exact) mass is 467 g/mol. The van der Waals surface area contributed by atoms with Crippen LogP contribution < -0.4 is 9.64 Å². The van der Waals surface area contributed by atoms with E-state index in [4.69, 9.17) is 16.3 Å². The Labute approximate surface area is 192 Å². The Bertz CT molecular complexity index is 890. The number of piperidine rings is 2. The Morgan fingerprint density at radius 2 is 1.69 bits per heavy atom. The SMILES string of the molecule is CN1CCC(c2ccc(OCC3CCN(c4ncc(C(F)(F)F)cc4Cl)CC3)cc2)CC1. The molecular formula is C24H29ClF3N3O. The molecule has 4 rings (SSSR count). The summed E-state index contributed by atoms with van der Waals surface area (Å²) in [6, 6.07) is 9.45. The number of rotatable bonds is 5. The molecule has 2 saturated heterocycles. The van der Waals surface area contributed by atoms with Crippen molar-refractivity contribution in [2.24, 2.45) is 5.92 Å². The van der Waals surface area contributed by atoms with Gasteiger partial charge in [0.15, 0.2) is 0 Å². The van der Waals surface area contributed by atoms with E-state index in [2.05, 4.69) is 41.2 Å². The molecule has 0 amide bonds. The average Bonchev–Trinajstić information content (AvgIpc) is 2.78. The molecule has 32 heavy (non-hydrogen) atoms. The van der Waals surface area contributed by atoms with Crippen LogP contribution in [0.5, 0.6) is 5.75 Å². The van der Waals surface area contributed by atoms with Crippen LogP contribution in [-0.4, -0.2) is 49.7 Å². The maximum atomic E-state index is 12.8. The molecule has 2 aromatic rings. The van der Waals surface area contributed by atoms with Crippen molar-refractivity contribution in [3.63, 3.8) is 0 Å². The van der Waals surface area contributed by atoms with E-state index in [9.17, 15) is 13.2 Å². The number of alkyl halides is 3. The number of ether oxygens (including phenoxy) is 1. The van der Waals surface area contributed by atoms with E-state index in [1.54, 1.807) is 0 Å². The van der Waals surface area contributed by atoms with Crippen molar-refractivity contribution in [1.82, 2.24) is 9.88 Å². The first-order valence-corrected chi connectivity index (χ1v) is 11.6. The second-order valence-corrected chi connectivity index (χ2v) is 9.32. The Morgan fingerprint density at radius 3 is 2.28 bits per heavy atom. The number of hydrogen-bond donors (Lipinski definition) is 0. The maximum absolute atomic E-state index is 12.8. The van der Waals surface area contributed by atoms with E-state index in [1.165, 1.54) is 18.4 Å². The van der Waals surface area contributed by atoms with Crippen LogP contribution in [0.1, 0.15) is 42.7 Å². The largest absolute Gasteiger partial charge is 0.493 e. The standard InChI is InChI=1S/C24H29ClF3N3O/c1-30-10-8-19(9-11-30)18-2-4-21(5-3-18)32-16-17-6-12-31(13-7-17)23-22(25)14-20(15-29-23)24(26,27)28/h2-5,14-15,17,19H,6-13,16H2,1H3. The van der Waals surface area contributed by atoms with Crippen molar-refractivity contribution >= 4 is 17.4 Å². The normalized spacial score (nSPS) is 19.3. The molecule has 0 N–H and O–H groups in total. The fraction of sp³-hybridized carbons (Fsp3) is 0.542. The third-order valence-electron chi connectivity index (χ3n) is 6.62. The van der Waals surface area contributed by atoms with Crippen molar-refractivity contribution in [2.75, 3.05) is 44.7 Å². The number of halogens is 4. The van der Waals surface area contributed by atoms with E-state index in [-0.39, 0.29) is 5.02 Å². The number of benzene rings is 1. The van der Waals surface area contributed by atoms with Crippen LogP contribution in [0, 0.1) is 5.92 Å². The van der Waals surface area contributed by atoms with Crippen molar-refractivity contribution < 1.29 is 17.9 Å². The van der Waals surface area contributed by atoms with Crippen LogP contribution in [0.4, 0.5) is 19.0 Å². The molecular weight excluding hydrogens is 439 g/mol. The molecule has 4 nitrogen and oxygen atoms in total. The number of pyridine rings is 1. The molecule has 1 aromatic carbocycles. The molecule has 174 valence electrons. The van der Waals surface area contributed by atoms with Crippen molar-refractivity contribution in [3.05, 3.63) is 52.7 Å². The number of hydrogen-bond acceptors (Lipinski definition) is 4. The minimum Gasteiger partial charge on any atom is -0.493 e. The van der Waals surface area contributed by atoms with Crippen LogP contribution in [0.3, 0.4) is 0 Å². The van der Waals surface area contributed by atoms with Gasteiger partial charge in [-0.1, -0.05) is 23.7 Å². The lowest BCUT2D eigenvalue weighted by Crippen LogP contribution is -2.36. The van der Waals surface area contributed by atoms with Crippen molar-refractivity contribution in [3.8, 4) is 5.75 Å². The quantitative estimate of drug-likeness (QED) is 0.550. The van der Waals surface area contributed by atoms with E-state index in [1.807, 2.05) is 4.90 Å². The predicted molar refractivity (Wildman–Crippen MR) is 121 cm³/mol. The van der Waals surface area contributed by atoms with Gasteiger partial charge in [0.2, 0.25) is 0 Å².